The fourth-order valence-corrected chi connectivity index (χ4v) is 1.78. The third-order valence-electron chi connectivity index (χ3n) is 2.72. The van der Waals surface area contributed by atoms with Crippen LogP contribution in [0.4, 0.5) is 0 Å². The van der Waals surface area contributed by atoms with Gasteiger partial charge < -0.3 is 4.74 Å². The van der Waals surface area contributed by atoms with Crippen molar-refractivity contribution in [2.75, 3.05) is 20.7 Å². The van der Waals surface area contributed by atoms with Gasteiger partial charge in [0.2, 0.25) is 0 Å². The van der Waals surface area contributed by atoms with Gasteiger partial charge in [0.1, 0.15) is 6.23 Å². The zero-order chi connectivity index (χ0) is 12.7. The normalized spacial score (nSPS) is 12.7. The van der Waals surface area contributed by atoms with E-state index in [4.69, 9.17) is 4.74 Å². The molecule has 0 N–H and O–H groups in total. The minimum Gasteiger partial charge on any atom is -0.359 e. The van der Waals surface area contributed by atoms with E-state index < -0.39 is 0 Å². The lowest BCUT2D eigenvalue weighted by atomic mass is 10.1. The van der Waals surface area contributed by atoms with Crippen LogP contribution in [0.2, 0.25) is 0 Å². The van der Waals surface area contributed by atoms with Crippen LogP contribution in [0, 0.1) is 0 Å². The molecule has 2 nitrogen and oxygen atoms in total. The summed E-state index contributed by atoms with van der Waals surface area (Å²) in [7, 11) is 4.08. The van der Waals surface area contributed by atoms with E-state index in [1.54, 1.807) is 0 Å². The fraction of sp³-hybridized carbons (Fsp3) is 0.467. The molecule has 0 aromatic heterocycles. The minimum absolute atomic E-state index is 0.00995. The molecule has 0 amide bonds. The number of benzene rings is 1. The standard InChI is InChI=1S/C15H23NO/c1-5-7-12-17-15(16(3)4)14-11-9-8-10-13(14)6-2/h6,8-11,15H,2,5,7,12H2,1,3-4H3. The molecule has 17 heavy (non-hydrogen) atoms. The van der Waals surface area contributed by atoms with Crippen molar-refractivity contribution in [1.82, 2.24) is 4.90 Å². The summed E-state index contributed by atoms with van der Waals surface area (Å²) in [5, 5.41) is 0. The van der Waals surface area contributed by atoms with Crippen molar-refractivity contribution >= 4 is 6.08 Å². The zero-order valence-corrected chi connectivity index (χ0v) is 11.1. The molecule has 0 heterocycles. The number of ether oxygens (including phenoxy) is 1. The molecule has 2 heteroatoms. The van der Waals surface area contributed by atoms with Crippen LogP contribution in [0.15, 0.2) is 30.8 Å². The van der Waals surface area contributed by atoms with E-state index in [0.717, 1.165) is 25.0 Å². The SMILES string of the molecule is C=Cc1ccccc1C(OCCCC)N(C)C. The van der Waals surface area contributed by atoms with E-state index >= 15 is 0 Å². The Hall–Kier alpha value is -1.12. The molecule has 0 fully saturated rings. The second kappa shape index (κ2) is 7.25. The highest BCUT2D eigenvalue weighted by Crippen LogP contribution is 2.24. The number of unbranched alkanes of at least 4 members (excludes halogenated alkanes) is 1. The largest absolute Gasteiger partial charge is 0.359 e. The number of hydrogen-bond acceptors (Lipinski definition) is 2. The van der Waals surface area contributed by atoms with Crippen LogP contribution in [0.3, 0.4) is 0 Å². The van der Waals surface area contributed by atoms with Crippen molar-refractivity contribution in [2.24, 2.45) is 0 Å². The van der Waals surface area contributed by atoms with Gasteiger partial charge in [-0.15, -0.1) is 0 Å². The molecule has 1 rings (SSSR count). The van der Waals surface area contributed by atoms with E-state index in [9.17, 15) is 0 Å². The van der Waals surface area contributed by atoms with Crippen LogP contribution in [0.25, 0.3) is 6.08 Å². The Bertz CT molecular complexity index is 347. The summed E-state index contributed by atoms with van der Waals surface area (Å²) >= 11 is 0. The summed E-state index contributed by atoms with van der Waals surface area (Å²) in [4.78, 5) is 2.10. The molecule has 0 spiro atoms. The van der Waals surface area contributed by atoms with E-state index in [1.165, 1.54) is 5.56 Å². The molecule has 0 aliphatic heterocycles. The van der Waals surface area contributed by atoms with Gasteiger partial charge in [0.25, 0.3) is 0 Å². The highest BCUT2D eigenvalue weighted by Gasteiger charge is 2.16. The van der Waals surface area contributed by atoms with Crippen molar-refractivity contribution < 1.29 is 4.74 Å². The molecule has 0 aliphatic carbocycles. The van der Waals surface area contributed by atoms with Gasteiger partial charge in [-0.05, 0) is 26.1 Å². The van der Waals surface area contributed by atoms with Gasteiger partial charge in [-0.1, -0.05) is 50.3 Å². The predicted octanol–water partition coefficient (Wildman–Crippen LogP) is 3.71. The van der Waals surface area contributed by atoms with Crippen molar-refractivity contribution in [1.29, 1.82) is 0 Å². The first-order valence-corrected chi connectivity index (χ1v) is 6.20. The number of hydrogen-bond donors (Lipinski definition) is 0. The van der Waals surface area contributed by atoms with Gasteiger partial charge in [0.05, 0.1) is 0 Å². The van der Waals surface area contributed by atoms with Gasteiger partial charge in [-0.25, -0.2) is 0 Å². The Balaban J connectivity index is 2.85. The molecule has 0 bridgehead atoms. The second-order valence-corrected chi connectivity index (χ2v) is 4.37. The topological polar surface area (TPSA) is 12.5 Å². The number of nitrogens with zero attached hydrogens (tertiary/aromatic N) is 1. The number of rotatable bonds is 7. The van der Waals surface area contributed by atoms with E-state index in [1.807, 2.05) is 32.3 Å². The fourth-order valence-electron chi connectivity index (χ4n) is 1.78. The smallest absolute Gasteiger partial charge is 0.136 e. The summed E-state index contributed by atoms with van der Waals surface area (Å²) < 4.78 is 5.95. The third-order valence-corrected chi connectivity index (χ3v) is 2.72. The minimum atomic E-state index is 0.00995. The van der Waals surface area contributed by atoms with Crippen LogP contribution in [0.1, 0.15) is 37.1 Å². The Morgan fingerprint density at radius 2 is 2.06 bits per heavy atom. The molecule has 1 aromatic carbocycles. The molecule has 1 atom stereocenters. The Morgan fingerprint density at radius 3 is 2.65 bits per heavy atom. The lowest BCUT2D eigenvalue weighted by Crippen LogP contribution is -2.23. The maximum absolute atomic E-state index is 5.95. The first-order valence-electron chi connectivity index (χ1n) is 6.20. The second-order valence-electron chi connectivity index (χ2n) is 4.37. The first kappa shape index (κ1) is 13.9. The predicted molar refractivity (Wildman–Crippen MR) is 73.8 cm³/mol. The first-order chi connectivity index (χ1) is 8.20. The van der Waals surface area contributed by atoms with Crippen molar-refractivity contribution in [2.45, 2.75) is 26.0 Å². The lowest BCUT2D eigenvalue weighted by molar-refractivity contribution is -0.0396. The van der Waals surface area contributed by atoms with Gasteiger partial charge >= 0.3 is 0 Å². The van der Waals surface area contributed by atoms with Crippen molar-refractivity contribution in [3.05, 3.63) is 42.0 Å². The Morgan fingerprint density at radius 1 is 1.35 bits per heavy atom. The van der Waals surface area contributed by atoms with Gasteiger partial charge in [-0.2, -0.15) is 0 Å². The summed E-state index contributed by atoms with van der Waals surface area (Å²) in [5.41, 5.74) is 2.33. The van der Waals surface area contributed by atoms with Gasteiger partial charge in [0, 0.05) is 12.2 Å². The molecule has 0 aliphatic rings. The van der Waals surface area contributed by atoms with E-state index in [0.29, 0.717) is 0 Å². The molecule has 1 aromatic rings. The Kier molecular flexibility index (Phi) is 5.95. The molecule has 0 saturated carbocycles. The monoisotopic (exact) mass is 233 g/mol. The molecule has 1 unspecified atom stereocenters. The van der Waals surface area contributed by atoms with Gasteiger partial charge in [-0.3, -0.25) is 4.90 Å². The summed E-state index contributed by atoms with van der Waals surface area (Å²) in [6.07, 6.45) is 4.15. The summed E-state index contributed by atoms with van der Waals surface area (Å²) in [5.74, 6) is 0. The third kappa shape index (κ3) is 3.99. The average Bonchev–Trinajstić information content (AvgIpc) is 2.34. The molecule has 0 saturated heterocycles. The molecule has 94 valence electrons. The average molecular weight is 233 g/mol. The molecular formula is C15H23NO. The highest BCUT2D eigenvalue weighted by atomic mass is 16.5. The molecule has 0 radical (unpaired) electrons. The lowest BCUT2D eigenvalue weighted by Gasteiger charge is -2.26. The van der Waals surface area contributed by atoms with E-state index in [-0.39, 0.29) is 6.23 Å². The maximum Gasteiger partial charge on any atom is 0.136 e. The van der Waals surface area contributed by atoms with Crippen molar-refractivity contribution in [3.63, 3.8) is 0 Å². The van der Waals surface area contributed by atoms with E-state index in [2.05, 4.69) is 30.5 Å². The quantitative estimate of drug-likeness (QED) is 0.526. The van der Waals surface area contributed by atoms with Crippen molar-refractivity contribution in [3.8, 4) is 0 Å². The highest BCUT2D eigenvalue weighted by molar-refractivity contribution is 5.52. The molecular weight excluding hydrogens is 210 g/mol. The summed E-state index contributed by atoms with van der Waals surface area (Å²) in [6, 6.07) is 8.25. The van der Waals surface area contributed by atoms with Crippen LogP contribution >= 0.6 is 0 Å². The summed E-state index contributed by atoms with van der Waals surface area (Å²) in [6.45, 7) is 6.82. The Labute approximate surface area is 105 Å². The van der Waals surface area contributed by atoms with Gasteiger partial charge in [0.15, 0.2) is 0 Å². The van der Waals surface area contributed by atoms with Crippen LogP contribution in [-0.4, -0.2) is 25.6 Å². The van der Waals surface area contributed by atoms with Crippen LogP contribution < -0.4 is 0 Å². The maximum atomic E-state index is 5.95. The zero-order valence-electron chi connectivity index (χ0n) is 11.1. The van der Waals surface area contributed by atoms with Crippen LogP contribution in [-0.2, 0) is 4.74 Å². The van der Waals surface area contributed by atoms with Crippen LogP contribution in [0.5, 0.6) is 0 Å².